The molecule has 1 aliphatic rings. The summed E-state index contributed by atoms with van der Waals surface area (Å²) in [5.74, 6) is 1.18. The highest BCUT2D eigenvalue weighted by Gasteiger charge is 2.17. The molecule has 2 rings (SSSR count). The van der Waals surface area contributed by atoms with Gasteiger partial charge >= 0.3 is 0 Å². The lowest BCUT2D eigenvalue weighted by Crippen LogP contribution is -2.41. The number of hydrogen-bond donors (Lipinski definition) is 3. The second-order valence-corrected chi connectivity index (χ2v) is 4.74. The third kappa shape index (κ3) is 5.78. The number of hydrogen-bond acceptors (Lipinski definition) is 3. The predicted molar refractivity (Wildman–Crippen MR) is 94.3 cm³/mol. The monoisotopic (exact) mass is 404 g/mol. The first-order valence-electron chi connectivity index (χ1n) is 6.68. The fourth-order valence-corrected chi connectivity index (χ4v) is 2.11. The number of anilines is 1. The fraction of sp³-hybridized carbons (Fsp3) is 0.429. The summed E-state index contributed by atoms with van der Waals surface area (Å²) in [5.41, 5.74) is 6.65. The molecule has 1 heterocycles. The number of benzene rings is 1. The van der Waals surface area contributed by atoms with E-state index in [1.54, 1.807) is 7.11 Å². The fourth-order valence-electron chi connectivity index (χ4n) is 2.11. The standard InChI is InChI=1S/C14H20N4O2.HI/c1-20-12-6-2-4-10(8-12)18-14(15)16-9-11-5-3-7-13(19)17-11;/h2,4,6,8,11H,3,5,7,9H2,1H3,(H,17,19)(H3,15,16,18);1H. The van der Waals surface area contributed by atoms with E-state index in [0.29, 0.717) is 18.9 Å². The number of ether oxygens (including phenoxy) is 1. The largest absolute Gasteiger partial charge is 0.497 e. The lowest BCUT2D eigenvalue weighted by molar-refractivity contribution is -0.123. The predicted octanol–water partition coefficient (Wildman–Crippen LogP) is 1.71. The molecule has 0 spiro atoms. The summed E-state index contributed by atoms with van der Waals surface area (Å²) in [6.07, 6.45) is 2.47. The van der Waals surface area contributed by atoms with E-state index in [-0.39, 0.29) is 35.9 Å². The highest BCUT2D eigenvalue weighted by Crippen LogP contribution is 2.16. The van der Waals surface area contributed by atoms with Gasteiger partial charge in [-0.05, 0) is 25.0 Å². The van der Waals surface area contributed by atoms with Crippen molar-refractivity contribution in [3.05, 3.63) is 24.3 Å². The highest BCUT2D eigenvalue weighted by molar-refractivity contribution is 14.0. The number of nitrogens with two attached hydrogens (primary N) is 1. The number of carbonyl (C=O) groups excluding carboxylic acids is 1. The SMILES string of the molecule is COc1cccc(NC(N)=NCC2CCCC(=O)N2)c1.I. The lowest BCUT2D eigenvalue weighted by Gasteiger charge is -2.21. The Morgan fingerprint density at radius 2 is 2.38 bits per heavy atom. The van der Waals surface area contributed by atoms with Crippen LogP contribution in [-0.2, 0) is 4.79 Å². The van der Waals surface area contributed by atoms with Gasteiger partial charge in [0.2, 0.25) is 5.91 Å². The van der Waals surface area contributed by atoms with Gasteiger partial charge in [0.25, 0.3) is 0 Å². The summed E-state index contributed by atoms with van der Waals surface area (Å²) in [4.78, 5) is 15.5. The quantitative estimate of drug-likeness (QED) is 0.405. The minimum atomic E-state index is 0. The first-order valence-corrected chi connectivity index (χ1v) is 6.68. The lowest BCUT2D eigenvalue weighted by atomic mass is 10.0. The van der Waals surface area contributed by atoms with Crippen LogP contribution in [0.2, 0.25) is 0 Å². The molecule has 0 aromatic heterocycles. The molecule has 116 valence electrons. The average molecular weight is 404 g/mol. The van der Waals surface area contributed by atoms with Gasteiger partial charge in [-0.2, -0.15) is 0 Å². The molecule has 0 saturated carbocycles. The van der Waals surface area contributed by atoms with Crippen LogP contribution in [0.4, 0.5) is 5.69 Å². The summed E-state index contributed by atoms with van der Waals surface area (Å²) >= 11 is 0. The van der Waals surface area contributed by atoms with E-state index < -0.39 is 0 Å². The van der Waals surface area contributed by atoms with E-state index in [4.69, 9.17) is 10.5 Å². The number of halogens is 1. The molecule has 6 nitrogen and oxygen atoms in total. The van der Waals surface area contributed by atoms with Gasteiger partial charge in [0.15, 0.2) is 5.96 Å². The van der Waals surface area contributed by atoms with Gasteiger partial charge in [0.1, 0.15) is 5.75 Å². The number of guanidine groups is 1. The van der Waals surface area contributed by atoms with Gasteiger partial charge in [-0.15, -0.1) is 24.0 Å². The molecule has 0 aliphatic carbocycles. The normalized spacial score (nSPS) is 18.4. The molecule has 1 aliphatic heterocycles. The molecule has 4 N–H and O–H groups in total. The van der Waals surface area contributed by atoms with Gasteiger partial charge in [-0.1, -0.05) is 6.07 Å². The molecule has 21 heavy (non-hydrogen) atoms. The molecule has 1 unspecified atom stereocenters. The summed E-state index contributed by atoms with van der Waals surface area (Å²) in [6.45, 7) is 0.495. The smallest absolute Gasteiger partial charge is 0.220 e. The third-order valence-electron chi connectivity index (χ3n) is 3.15. The number of nitrogens with zero attached hydrogens (tertiary/aromatic N) is 1. The van der Waals surface area contributed by atoms with Crippen LogP contribution in [0.15, 0.2) is 29.3 Å². The minimum Gasteiger partial charge on any atom is -0.497 e. The molecular formula is C14H21IN4O2. The van der Waals surface area contributed by atoms with Crippen LogP contribution in [0.5, 0.6) is 5.75 Å². The summed E-state index contributed by atoms with van der Waals surface area (Å²) in [6, 6.07) is 7.53. The number of carbonyl (C=O) groups is 1. The Balaban J connectivity index is 0.00000220. The molecule has 1 aromatic rings. The van der Waals surface area contributed by atoms with Crippen LogP contribution >= 0.6 is 24.0 Å². The molecule has 1 atom stereocenters. The van der Waals surface area contributed by atoms with Crippen molar-refractivity contribution in [2.45, 2.75) is 25.3 Å². The van der Waals surface area contributed by atoms with Crippen LogP contribution in [-0.4, -0.2) is 31.6 Å². The van der Waals surface area contributed by atoms with Crippen molar-refractivity contribution < 1.29 is 9.53 Å². The Hall–Kier alpha value is -1.51. The molecule has 1 amide bonds. The Morgan fingerprint density at radius 1 is 1.57 bits per heavy atom. The molecule has 7 heteroatoms. The van der Waals surface area contributed by atoms with Crippen LogP contribution in [0.25, 0.3) is 0 Å². The number of piperidine rings is 1. The highest BCUT2D eigenvalue weighted by atomic mass is 127. The molecule has 0 radical (unpaired) electrons. The van der Waals surface area contributed by atoms with Crippen molar-refractivity contribution in [1.29, 1.82) is 0 Å². The van der Waals surface area contributed by atoms with Gasteiger partial charge in [-0.25, -0.2) is 0 Å². The van der Waals surface area contributed by atoms with E-state index >= 15 is 0 Å². The second kappa shape index (κ2) is 8.71. The van der Waals surface area contributed by atoms with Crippen molar-refractivity contribution in [3.8, 4) is 5.75 Å². The van der Waals surface area contributed by atoms with Crippen molar-refractivity contribution in [2.75, 3.05) is 19.0 Å². The van der Waals surface area contributed by atoms with Crippen molar-refractivity contribution in [2.24, 2.45) is 10.7 Å². The Morgan fingerprint density at radius 3 is 3.10 bits per heavy atom. The Bertz CT molecular complexity index is 508. The van der Waals surface area contributed by atoms with Crippen LogP contribution in [0.1, 0.15) is 19.3 Å². The van der Waals surface area contributed by atoms with Crippen molar-refractivity contribution >= 4 is 41.5 Å². The van der Waals surface area contributed by atoms with Crippen LogP contribution in [0, 0.1) is 0 Å². The summed E-state index contributed by atoms with van der Waals surface area (Å²) in [5, 5.41) is 5.91. The van der Waals surface area contributed by atoms with Gasteiger partial charge in [0, 0.05) is 24.2 Å². The van der Waals surface area contributed by atoms with Gasteiger partial charge in [0.05, 0.1) is 13.7 Å². The van der Waals surface area contributed by atoms with Gasteiger partial charge in [-0.3, -0.25) is 9.79 Å². The van der Waals surface area contributed by atoms with Crippen LogP contribution < -0.4 is 21.1 Å². The third-order valence-corrected chi connectivity index (χ3v) is 3.15. The number of aliphatic imine (C=N–C) groups is 1. The zero-order chi connectivity index (χ0) is 14.4. The van der Waals surface area contributed by atoms with Crippen molar-refractivity contribution in [3.63, 3.8) is 0 Å². The maximum atomic E-state index is 11.3. The van der Waals surface area contributed by atoms with E-state index in [0.717, 1.165) is 24.3 Å². The van der Waals surface area contributed by atoms with E-state index in [2.05, 4.69) is 15.6 Å². The van der Waals surface area contributed by atoms with Crippen molar-refractivity contribution in [1.82, 2.24) is 5.32 Å². The zero-order valence-electron chi connectivity index (χ0n) is 12.0. The zero-order valence-corrected chi connectivity index (χ0v) is 14.3. The van der Waals surface area contributed by atoms with E-state index in [1.807, 2.05) is 24.3 Å². The van der Waals surface area contributed by atoms with Crippen LogP contribution in [0.3, 0.4) is 0 Å². The molecule has 1 aromatic carbocycles. The first-order chi connectivity index (χ1) is 9.67. The molecule has 0 bridgehead atoms. The number of amides is 1. The maximum absolute atomic E-state index is 11.3. The summed E-state index contributed by atoms with van der Waals surface area (Å²) < 4.78 is 5.14. The van der Waals surface area contributed by atoms with Gasteiger partial charge < -0.3 is 21.1 Å². The van der Waals surface area contributed by atoms with E-state index in [1.165, 1.54) is 0 Å². The Kier molecular flexibility index (Phi) is 7.27. The number of nitrogens with one attached hydrogen (secondary N) is 2. The molecule has 1 fully saturated rings. The Labute approximate surface area is 141 Å². The number of rotatable bonds is 4. The molecule has 1 saturated heterocycles. The second-order valence-electron chi connectivity index (χ2n) is 4.74. The average Bonchev–Trinajstić information content (AvgIpc) is 2.45. The first kappa shape index (κ1) is 17.5. The summed E-state index contributed by atoms with van der Waals surface area (Å²) in [7, 11) is 1.61. The minimum absolute atomic E-state index is 0. The van der Waals surface area contributed by atoms with E-state index in [9.17, 15) is 4.79 Å². The number of methoxy groups -OCH3 is 1. The topological polar surface area (TPSA) is 88.7 Å². The maximum Gasteiger partial charge on any atom is 0.220 e. The molecular weight excluding hydrogens is 383 g/mol.